The number of nitrogens with two attached hydrogens (primary N) is 1. The first-order valence-electron chi connectivity index (χ1n) is 11.7. The molecule has 1 aliphatic rings. The third-order valence-corrected chi connectivity index (χ3v) is 6.38. The smallest absolute Gasteiger partial charge is 0.233 e. The molecule has 5 rings (SSSR count). The average Bonchev–Trinajstić information content (AvgIpc) is 2.90. The van der Waals surface area contributed by atoms with Crippen LogP contribution in [0.4, 0.5) is 23.3 Å². The van der Waals surface area contributed by atoms with E-state index in [1.54, 1.807) is 12.4 Å². The summed E-state index contributed by atoms with van der Waals surface area (Å²) in [6.45, 7) is 3.38. The van der Waals surface area contributed by atoms with Gasteiger partial charge in [-0.2, -0.15) is 0 Å². The van der Waals surface area contributed by atoms with E-state index in [1.165, 1.54) is 11.9 Å². The normalized spacial score (nSPS) is 13.8. The number of ether oxygens (including phenoxy) is 2. The van der Waals surface area contributed by atoms with Crippen molar-refractivity contribution in [1.29, 1.82) is 0 Å². The lowest BCUT2D eigenvalue weighted by Gasteiger charge is -2.24. The highest BCUT2D eigenvalue weighted by Crippen LogP contribution is 2.30. The number of nitrogens with one attached hydrogen (secondary N) is 2. The van der Waals surface area contributed by atoms with Crippen LogP contribution in [0.1, 0.15) is 18.5 Å². The summed E-state index contributed by atoms with van der Waals surface area (Å²) in [6, 6.07) is 17.4. The van der Waals surface area contributed by atoms with Crippen LogP contribution in [0, 0.1) is 6.92 Å². The Morgan fingerprint density at radius 2 is 1.72 bits per heavy atom. The number of anilines is 4. The summed E-state index contributed by atoms with van der Waals surface area (Å²) in [5.74, 6) is 1.77. The Balaban J connectivity index is 1.21. The van der Waals surface area contributed by atoms with Crippen molar-refractivity contribution in [2.24, 2.45) is 0 Å². The monoisotopic (exact) mass is 501 g/mol. The van der Waals surface area contributed by atoms with Crippen LogP contribution in [-0.2, 0) is 4.74 Å². The van der Waals surface area contributed by atoms with E-state index >= 15 is 0 Å². The molecule has 3 heterocycles. The Hall–Kier alpha value is -3.89. The summed E-state index contributed by atoms with van der Waals surface area (Å²) < 4.78 is 14.6. The second-order valence-electron chi connectivity index (χ2n) is 8.32. The van der Waals surface area contributed by atoms with Gasteiger partial charge in [-0.3, -0.25) is 4.72 Å². The van der Waals surface area contributed by atoms with Crippen LogP contribution in [-0.4, -0.2) is 39.3 Å². The second-order valence-corrected chi connectivity index (χ2v) is 9.20. The van der Waals surface area contributed by atoms with Gasteiger partial charge in [-0.25, -0.2) is 19.9 Å². The first-order valence-corrected chi connectivity index (χ1v) is 12.5. The van der Waals surface area contributed by atoms with E-state index in [1.807, 2.05) is 61.5 Å². The minimum Gasteiger partial charge on any atom is -0.488 e. The maximum absolute atomic E-state index is 6.29. The van der Waals surface area contributed by atoms with Crippen LogP contribution < -0.4 is 20.5 Å². The van der Waals surface area contributed by atoms with E-state index in [4.69, 9.17) is 15.2 Å². The number of aryl methyl sites for hydroxylation is 1. The number of benzene rings is 2. The van der Waals surface area contributed by atoms with Crippen LogP contribution in [0.5, 0.6) is 5.75 Å². The fraction of sp³-hybridized carbons (Fsp3) is 0.231. The molecular formula is C26H27N7O2S. The fourth-order valence-electron chi connectivity index (χ4n) is 3.71. The average molecular weight is 502 g/mol. The SMILES string of the molecule is Cc1ccnc(NSc2ccc(Nc3nccc(-c4ccc(OC5CCOCC5)c(N)c4)n3)cc2)n1. The van der Waals surface area contributed by atoms with Crippen molar-refractivity contribution in [2.75, 3.05) is 29.0 Å². The number of nitrogens with zero attached hydrogens (tertiary/aromatic N) is 4. The molecular weight excluding hydrogens is 474 g/mol. The standard InChI is InChI=1S/C26H27N7O2S/c1-17-8-12-29-26(30-17)33-36-21-5-3-19(4-6-21)31-25-28-13-9-23(32-25)18-2-7-24(22(27)16-18)35-20-10-14-34-15-11-20/h2-9,12-13,16,20H,10-11,14-15,27H2,1H3,(H,28,31,32)(H,29,30,33). The van der Waals surface area contributed by atoms with Crippen molar-refractivity contribution in [2.45, 2.75) is 30.8 Å². The molecule has 36 heavy (non-hydrogen) atoms. The predicted octanol–water partition coefficient (Wildman–Crippen LogP) is 5.24. The zero-order valence-corrected chi connectivity index (χ0v) is 20.7. The van der Waals surface area contributed by atoms with Gasteiger partial charge in [0.15, 0.2) is 0 Å². The minimum atomic E-state index is 0.137. The summed E-state index contributed by atoms with van der Waals surface area (Å²) in [4.78, 5) is 18.6. The molecule has 0 aliphatic carbocycles. The molecule has 1 saturated heterocycles. The summed E-state index contributed by atoms with van der Waals surface area (Å²) in [6.07, 6.45) is 5.34. The summed E-state index contributed by atoms with van der Waals surface area (Å²) in [5.41, 5.74) is 10.3. The Kier molecular flexibility index (Phi) is 7.44. The Morgan fingerprint density at radius 1 is 0.944 bits per heavy atom. The van der Waals surface area contributed by atoms with Gasteiger partial charge in [0.1, 0.15) is 11.9 Å². The molecule has 4 aromatic rings. The second kappa shape index (κ2) is 11.2. The first-order chi connectivity index (χ1) is 17.6. The van der Waals surface area contributed by atoms with E-state index in [2.05, 4.69) is 30.0 Å². The molecule has 10 heteroatoms. The van der Waals surface area contributed by atoms with Crippen LogP contribution in [0.25, 0.3) is 11.3 Å². The molecule has 4 N–H and O–H groups in total. The molecule has 0 amide bonds. The van der Waals surface area contributed by atoms with Crippen molar-refractivity contribution in [3.8, 4) is 17.0 Å². The highest BCUT2D eigenvalue weighted by Gasteiger charge is 2.17. The van der Waals surface area contributed by atoms with Crippen LogP contribution in [0.15, 0.2) is 71.9 Å². The largest absolute Gasteiger partial charge is 0.488 e. The molecule has 2 aromatic carbocycles. The van der Waals surface area contributed by atoms with E-state index in [-0.39, 0.29) is 6.10 Å². The summed E-state index contributed by atoms with van der Waals surface area (Å²) in [7, 11) is 0. The molecule has 9 nitrogen and oxygen atoms in total. The van der Waals surface area contributed by atoms with Gasteiger partial charge in [0.05, 0.1) is 24.6 Å². The fourth-order valence-corrected chi connectivity index (χ4v) is 4.29. The van der Waals surface area contributed by atoms with Gasteiger partial charge in [0, 0.05) is 47.1 Å². The van der Waals surface area contributed by atoms with Crippen molar-refractivity contribution >= 4 is 35.2 Å². The van der Waals surface area contributed by atoms with Crippen molar-refractivity contribution in [3.05, 3.63) is 72.7 Å². The Morgan fingerprint density at radius 3 is 2.50 bits per heavy atom. The number of aromatic nitrogens is 4. The first kappa shape index (κ1) is 23.8. The van der Waals surface area contributed by atoms with Crippen molar-refractivity contribution in [1.82, 2.24) is 19.9 Å². The van der Waals surface area contributed by atoms with Gasteiger partial charge in [-0.15, -0.1) is 0 Å². The number of nitrogen functional groups attached to an aromatic ring is 1. The third kappa shape index (κ3) is 6.21. The molecule has 0 spiro atoms. The number of hydrogen-bond donors (Lipinski definition) is 3. The molecule has 1 aliphatic heterocycles. The lowest BCUT2D eigenvalue weighted by Crippen LogP contribution is -2.26. The van der Waals surface area contributed by atoms with Gasteiger partial charge < -0.3 is 20.5 Å². The molecule has 2 aromatic heterocycles. The molecule has 184 valence electrons. The molecule has 0 atom stereocenters. The van der Waals surface area contributed by atoms with Gasteiger partial charge in [-0.1, -0.05) is 0 Å². The Labute approximate surface area is 214 Å². The number of rotatable bonds is 8. The van der Waals surface area contributed by atoms with E-state index in [0.717, 1.165) is 53.6 Å². The van der Waals surface area contributed by atoms with Gasteiger partial charge in [0.25, 0.3) is 0 Å². The van der Waals surface area contributed by atoms with Crippen LogP contribution in [0.2, 0.25) is 0 Å². The van der Waals surface area contributed by atoms with Crippen LogP contribution >= 0.6 is 11.9 Å². The van der Waals surface area contributed by atoms with Crippen molar-refractivity contribution < 1.29 is 9.47 Å². The lowest BCUT2D eigenvalue weighted by molar-refractivity contribution is 0.0259. The highest BCUT2D eigenvalue weighted by atomic mass is 32.2. The minimum absolute atomic E-state index is 0.137. The number of hydrogen-bond acceptors (Lipinski definition) is 10. The molecule has 0 saturated carbocycles. The van der Waals surface area contributed by atoms with Gasteiger partial charge in [-0.05, 0) is 73.5 Å². The Bertz CT molecular complexity index is 1310. The third-order valence-electron chi connectivity index (χ3n) is 5.59. The summed E-state index contributed by atoms with van der Waals surface area (Å²) in [5, 5.41) is 3.26. The zero-order chi connectivity index (χ0) is 24.7. The van der Waals surface area contributed by atoms with E-state index in [9.17, 15) is 0 Å². The quantitative estimate of drug-likeness (QED) is 0.218. The van der Waals surface area contributed by atoms with Gasteiger partial charge in [0.2, 0.25) is 11.9 Å². The van der Waals surface area contributed by atoms with Crippen LogP contribution in [0.3, 0.4) is 0 Å². The van der Waals surface area contributed by atoms with E-state index < -0.39 is 0 Å². The maximum Gasteiger partial charge on any atom is 0.233 e. The molecule has 0 radical (unpaired) electrons. The zero-order valence-electron chi connectivity index (χ0n) is 19.8. The molecule has 1 fully saturated rings. The maximum atomic E-state index is 6.29. The predicted molar refractivity (Wildman–Crippen MR) is 142 cm³/mol. The summed E-state index contributed by atoms with van der Waals surface area (Å²) >= 11 is 1.45. The van der Waals surface area contributed by atoms with Crippen molar-refractivity contribution in [3.63, 3.8) is 0 Å². The molecule has 0 unspecified atom stereocenters. The van der Waals surface area contributed by atoms with E-state index in [0.29, 0.717) is 23.3 Å². The lowest BCUT2D eigenvalue weighted by atomic mass is 10.1. The highest BCUT2D eigenvalue weighted by molar-refractivity contribution is 8.00. The van der Waals surface area contributed by atoms with Gasteiger partial charge >= 0.3 is 0 Å². The molecule has 0 bridgehead atoms. The topological polar surface area (TPSA) is 120 Å².